The van der Waals surface area contributed by atoms with Crippen LogP contribution in [0.15, 0.2) is 285 Å². The fraction of sp³-hybridized carbons (Fsp3) is 0.296. The van der Waals surface area contributed by atoms with Gasteiger partial charge in [-0.1, -0.05) is 262 Å². The summed E-state index contributed by atoms with van der Waals surface area (Å²) < 4.78 is 6.04. The summed E-state index contributed by atoms with van der Waals surface area (Å²) in [5.41, 5.74) is 35.8. The smallest absolute Gasteiger partial charge is 0.119 e. The van der Waals surface area contributed by atoms with Crippen molar-refractivity contribution in [3.05, 3.63) is 363 Å². The highest BCUT2D eigenvalue weighted by Gasteiger charge is 2.18. The average molecular weight is 1470 g/mol. The van der Waals surface area contributed by atoms with Crippen LogP contribution in [0.1, 0.15) is 168 Å². The van der Waals surface area contributed by atoms with Crippen molar-refractivity contribution in [1.82, 2.24) is 0 Å². The summed E-state index contributed by atoms with van der Waals surface area (Å²) in [6, 6.07) is 105. The maximum Gasteiger partial charge on any atom is 0.119 e. The topological polar surface area (TPSA) is 19.0 Å². The minimum Gasteiger partial charge on any atom is -0.494 e. The zero-order valence-electron chi connectivity index (χ0n) is 67.8. The molecular formula is C108H117N3O. The van der Waals surface area contributed by atoms with Crippen molar-refractivity contribution in [3.63, 3.8) is 0 Å². The first kappa shape index (κ1) is 78.0. The molecule has 3 aliphatic rings. The molecule has 0 heterocycles. The van der Waals surface area contributed by atoms with Crippen LogP contribution in [0.3, 0.4) is 0 Å². The Hall–Kier alpha value is -10.7. The molecule has 13 aromatic carbocycles. The number of hydrogen-bond donors (Lipinski definition) is 0. The SMILES string of the molecule is Cc1ccc(-c2ccc(N(C)c3ccc(CCCCCCc4ccc5c(c4)CC5)cc3)cc2)cc1.Cc1ccc(-c2ccc(N(C)c3cccc(CCCCCCCCc4ccc5c(c4)CC5)c3)cc2)cc1.Cc1ccc2cc(-c3ccc(N(C)c4ccc(OCCCCCCc5cccc6c5CC6)cc4)cc3)ccc2c1. The Morgan fingerprint density at radius 2 is 0.607 bits per heavy atom. The summed E-state index contributed by atoms with van der Waals surface area (Å²) in [5, 5.41) is 2.57. The van der Waals surface area contributed by atoms with Gasteiger partial charge in [0.1, 0.15) is 5.75 Å². The second kappa shape index (κ2) is 39.0. The predicted molar refractivity (Wildman–Crippen MR) is 481 cm³/mol. The first-order valence-corrected chi connectivity index (χ1v) is 42.3. The van der Waals surface area contributed by atoms with E-state index in [0.29, 0.717) is 0 Å². The zero-order chi connectivity index (χ0) is 76.8. The standard InChI is InChI=1S/C38H39NO.C36H41N.C34H37N/c1-28-11-12-34-27-33(14-13-32(34)26-28)29-15-18-35(19-16-29)39(2)36-20-22-37(23-21-36)40-25-6-4-3-5-8-30-9-7-10-31-17-24-38(30)31;1-28-14-17-31(18-15-28)32-22-24-35(25-23-32)37(2)36-13-9-12-29(27-36)10-7-5-3-4-6-8-11-30-16-19-33-20-21-34(33)26-30;1-26-9-14-29(15-10-26)30-19-23-34(24-20-30)35(2)33-21-12-27(13-22-33)7-5-3-4-6-8-28-11-16-31-17-18-32(31)25-28/h7,9-16,18-23,26-27H,3-6,8,17,24-25H2,1-2H3;9,12-19,22-27H,3-8,10-11,20-21H2,1-2H3;9-16,19-25H,3-8,17-18H2,1-2H3. The Bertz CT molecular complexity index is 5130. The molecule has 0 saturated heterocycles. The van der Waals surface area contributed by atoms with Crippen LogP contribution >= 0.6 is 0 Å². The van der Waals surface area contributed by atoms with Gasteiger partial charge < -0.3 is 19.4 Å². The maximum absolute atomic E-state index is 6.04. The molecule has 0 spiro atoms. The van der Waals surface area contributed by atoms with E-state index < -0.39 is 0 Å². The van der Waals surface area contributed by atoms with E-state index in [1.807, 2.05) is 0 Å². The van der Waals surface area contributed by atoms with Gasteiger partial charge in [-0.2, -0.15) is 0 Å². The Balaban J connectivity index is 0.000000140. The molecule has 0 aromatic heterocycles. The van der Waals surface area contributed by atoms with Gasteiger partial charge >= 0.3 is 0 Å². The lowest BCUT2D eigenvalue weighted by atomic mass is 9.83. The van der Waals surface area contributed by atoms with Gasteiger partial charge in [-0.25, -0.2) is 0 Å². The Morgan fingerprint density at radius 3 is 1.09 bits per heavy atom. The van der Waals surface area contributed by atoms with E-state index in [1.54, 1.807) is 44.5 Å². The normalized spacial score (nSPS) is 12.2. The number of anilines is 6. The fourth-order valence-electron chi connectivity index (χ4n) is 16.4. The molecule has 0 atom stereocenters. The summed E-state index contributed by atoms with van der Waals surface area (Å²) in [7, 11) is 6.43. The van der Waals surface area contributed by atoms with Crippen molar-refractivity contribution in [2.45, 2.75) is 181 Å². The highest BCUT2D eigenvalue weighted by Crippen LogP contribution is 2.35. The number of hydrogen-bond acceptors (Lipinski definition) is 4. The Kier molecular flexibility index (Phi) is 27.2. The van der Waals surface area contributed by atoms with Crippen molar-refractivity contribution in [2.75, 3.05) is 42.4 Å². The van der Waals surface area contributed by atoms with E-state index in [0.717, 1.165) is 24.5 Å². The van der Waals surface area contributed by atoms with Gasteiger partial charge in [-0.05, 0) is 326 Å². The molecule has 112 heavy (non-hydrogen) atoms. The highest BCUT2D eigenvalue weighted by molar-refractivity contribution is 5.88. The third kappa shape index (κ3) is 21.3. The lowest BCUT2D eigenvalue weighted by molar-refractivity contribution is 0.304. The molecule has 4 nitrogen and oxygen atoms in total. The van der Waals surface area contributed by atoms with Gasteiger partial charge in [0.15, 0.2) is 0 Å². The molecule has 0 saturated carbocycles. The van der Waals surface area contributed by atoms with E-state index in [2.05, 4.69) is 342 Å². The van der Waals surface area contributed by atoms with Crippen molar-refractivity contribution >= 4 is 44.9 Å². The van der Waals surface area contributed by atoms with Gasteiger partial charge in [0, 0.05) is 55.3 Å². The number of fused-ring (bicyclic) bond motifs is 4. The number of benzene rings is 13. The van der Waals surface area contributed by atoms with Crippen molar-refractivity contribution in [3.8, 4) is 39.1 Å². The van der Waals surface area contributed by atoms with E-state index in [4.69, 9.17) is 4.74 Å². The molecule has 3 aliphatic carbocycles. The van der Waals surface area contributed by atoms with E-state index in [9.17, 15) is 0 Å². The summed E-state index contributed by atoms with van der Waals surface area (Å²) in [6.45, 7) is 7.18. The molecule has 16 rings (SSSR count). The first-order chi connectivity index (χ1) is 54.9. The molecule has 0 aliphatic heterocycles. The fourth-order valence-corrected chi connectivity index (χ4v) is 16.4. The first-order valence-electron chi connectivity index (χ1n) is 42.3. The summed E-state index contributed by atoms with van der Waals surface area (Å²) in [6.07, 6.45) is 31.9. The minimum absolute atomic E-state index is 0.783. The number of unbranched alkanes of at least 4 members (excludes halogenated alkanes) is 11. The van der Waals surface area contributed by atoms with E-state index in [1.165, 1.54) is 260 Å². The molecule has 0 radical (unpaired) electrons. The van der Waals surface area contributed by atoms with Gasteiger partial charge in [-0.15, -0.1) is 0 Å². The quantitative estimate of drug-likeness (QED) is 0.0382. The molecule has 0 fully saturated rings. The molecule has 13 aromatic rings. The summed E-state index contributed by atoms with van der Waals surface area (Å²) in [4.78, 5) is 6.78. The average Bonchev–Trinajstić information content (AvgIpc) is 0.817. The zero-order valence-corrected chi connectivity index (χ0v) is 67.8. The second-order valence-corrected chi connectivity index (χ2v) is 32.3. The van der Waals surface area contributed by atoms with E-state index >= 15 is 0 Å². The molecule has 0 unspecified atom stereocenters. The molecular weight excluding hydrogens is 1360 g/mol. The van der Waals surface area contributed by atoms with Crippen LogP contribution in [0.4, 0.5) is 34.1 Å². The minimum atomic E-state index is 0.783. The molecule has 0 bridgehead atoms. The van der Waals surface area contributed by atoms with Crippen LogP contribution < -0.4 is 19.4 Å². The Labute approximate surface area is 671 Å². The van der Waals surface area contributed by atoms with Crippen molar-refractivity contribution < 1.29 is 4.74 Å². The third-order valence-electron chi connectivity index (χ3n) is 24.1. The molecule has 570 valence electrons. The lowest BCUT2D eigenvalue weighted by Crippen LogP contribution is -2.11. The predicted octanol–water partition coefficient (Wildman–Crippen LogP) is 28.4. The monoisotopic (exact) mass is 1470 g/mol. The largest absolute Gasteiger partial charge is 0.494 e. The van der Waals surface area contributed by atoms with Gasteiger partial charge in [-0.3, -0.25) is 0 Å². The summed E-state index contributed by atoms with van der Waals surface area (Å²) in [5.74, 6) is 0.947. The lowest BCUT2D eigenvalue weighted by Gasteiger charge is -2.22. The van der Waals surface area contributed by atoms with Crippen LogP contribution in [0.2, 0.25) is 0 Å². The summed E-state index contributed by atoms with van der Waals surface area (Å²) >= 11 is 0. The van der Waals surface area contributed by atoms with Crippen molar-refractivity contribution in [2.24, 2.45) is 0 Å². The van der Waals surface area contributed by atoms with Gasteiger partial charge in [0.2, 0.25) is 0 Å². The van der Waals surface area contributed by atoms with Crippen LogP contribution in [0.25, 0.3) is 44.2 Å². The molecule has 0 N–H and O–H groups in total. The third-order valence-corrected chi connectivity index (χ3v) is 24.1. The van der Waals surface area contributed by atoms with Gasteiger partial charge in [0.25, 0.3) is 0 Å². The van der Waals surface area contributed by atoms with Crippen LogP contribution in [0, 0.1) is 20.8 Å². The van der Waals surface area contributed by atoms with Crippen LogP contribution in [-0.2, 0) is 70.6 Å². The Morgan fingerprint density at radius 1 is 0.241 bits per heavy atom. The van der Waals surface area contributed by atoms with Gasteiger partial charge in [0.05, 0.1) is 6.61 Å². The molecule has 4 heteroatoms. The molecule has 0 amide bonds. The van der Waals surface area contributed by atoms with Crippen LogP contribution in [-0.4, -0.2) is 27.7 Å². The van der Waals surface area contributed by atoms with E-state index in [-0.39, 0.29) is 0 Å². The number of rotatable bonds is 33. The maximum atomic E-state index is 6.04. The second-order valence-electron chi connectivity index (χ2n) is 32.3. The van der Waals surface area contributed by atoms with Crippen LogP contribution in [0.5, 0.6) is 5.75 Å². The number of aryl methyl sites for hydroxylation is 13. The van der Waals surface area contributed by atoms with Crippen molar-refractivity contribution in [1.29, 1.82) is 0 Å². The highest BCUT2D eigenvalue weighted by atomic mass is 16.5. The number of ether oxygens (including phenoxy) is 1. The number of nitrogens with zero attached hydrogens (tertiary/aromatic N) is 3.